The van der Waals surface area contributed by atoms with E-state index in [1.54, 1.807) is 0 Å². The minimum atomic E-state index is -0.197. The lowest BCUT2D eigenvalue weighted by Crippen LogP contribution is -2.12. The fourth-order valence-corrected chi connectivity index (χ4v) is 3.03. The summed E-state index contributed by atoms with van der Waals surface area (Å²) in [7, 11) is 3.89. The summed E-state index contributed by atoms with van der Waals surface area (Å²) in [6, 6.07) is 16.7. The van der Waals surface area contributed by atoms with Crippen molar-refractivity contribution < 1.29 is 9.53 Å². The molecule has 160 valence electrons. The molecule has 0 aliphatic heterocycles. The molecule has 2 aromatic carbocycles. The second-order valence-electron chi connectivity index (χ2n) is 7.61. The molecule has 31 heavy (non-hydrogen) atoms. The summed E-state index contributed by atoms with van der Waals surface area (Å²) in [5.74, 6) is 0.992. The molecule has 1 heterocycles. The Balaban J connectivity index is 1.78. The minimum absolute atomic E-state index is 0.170. The van der Waals surface area contributed by atoms with Gasteiger partial charge in [0, 0.05) is 35.6 Å². The molecule has 0 saturated carbocycles. The standard InChI is InChI=1S/C25H27N3O3/c1-17-18(2)26-25(30)16-23(17)31-22-11-6-9-20(15-22)19-8-5-10-21(14-19)27-24(29)12-7-13-28(3)4/h5-12,14-16H,13H2,1-4H3,(H,26,30)(H,27,29). The topological polar surface area (TPSA) is 74.4 Å². The first kappa shape index (κ1) is 22.1. The first-order chi connectivity index (χ1) is 14.8. The summed E-state index contributed by atoms with van der Waals surface area (Å²) >= 11 is 0. The second-order valence-corrected chi connectivity index (χ2v) is 7.61. The van der Waals surface area contributed by atoms with Crippen LogP contribution in [0.25, 0.3) is 11.1 Å². The number of aryl methyl sites for hydroxylation is 1. The number of ether oxygens (including phenoxy) is 1. The molecule has 6 nitrogen and oxygen atoms in total. The lowest BCUT2D eigenvalue weighted by atomic mass is 10.0. The van der Waals surface area contributed by atoms with Crippen LogP contribution >= 0.6 is 0 Å². The smallest absolute Gasteiger partial charge is 0.251 e. The van der Waals surface area contributed by atoms with Crippen molar-refractivity contribution in [1.29, 1.82) is 0 Å². The number of rotatable bonds is 7. The molecule has 0 atom stereocenters. The van der Waals surface area contributed by atoms with Crippen molar-refractivity contribution >= 4 is 11.6 Å². The van der Waals surface area contributed by atoms with Crippen molar-refractivity contribution in [2.45, 2.75) is 13.8 Å². The van der Waals surface area contributed by atoms with Gasteiger partial charge < -0.3 is 19.9 Å². The van der Waals surface area contributed by atoms with Crippen LogP contribution in [0.3, 0.4) is 0 Å². The van der Waals surface area contributed by atoms with Gasteiger partial charge in [-0.1, -0.05) is 30.3 Å². The van der Waals surface area contributed by atoms with Crippen molar-refractivity contribution in [3.05, 3.63) is 88.4 Å². The Morgan fingerprint density at radius 2 is 1.77 bits per heavy atom. The van der Waals surface area contributed by atoms with Gasteiger partial charge in [0.2, 0.25) is 5.91 Å². The number of pyridine rings is 1. The Hall–Kier alpha value is -3.64. The third-order valence-corrected chi connectivity index (χ3v) is 4.77. The highest BCUT2D eigenvalue weighted by Crippen LogP contribution is 2.30. The van der Waals surface area contributed by atoms with E-state index in [0.717, 1.165) is 22.4 Å². The van der Waals surface area contributed by atoms with Crippen molar-refractivity contribution in [2.24, 2.45) is 0 Å². The number of likely N-dealkylation sites (N-methyl/N-ethyl adjacent to an activating group) is 1. The number of hydrogen-bond acceptors (Lipinski definition) is 4. The Kier molecular flexibility index (Phi) is 7.05. The Bertz CT molecular complexity index is 1160. The third kappa shape index (κ3) is 6.17. The number of benzene rings is 2. The van der Waals surface area contributed by atoms with Gasteiger partial charge in [0.1, 0.15) is 11.5 Å². The van der Waals surface area contributed by atoms with E-state index in [2.05, 4.69) is 10.3 Å². The molecule has 3 aromatic rings. The van der Waals surface area contributed by atoms with Gasteiger partial charge in [-0.3, -0.25) is 9.59 Å². The fourth-order valence-electron chi connectivity index (χ4n) is 3.03. The molecule has 0 saturated heterocycles. The highest BCUT2D eigenvalue weighted by atomic mass is 16.5. The molecule has 3 rings (SSSR count). The molecular weight excluding hydrogens is 390 g/mol. The predicted octanol–water partition coefficient (Wildman–Crippen LogP) is 4.51. The van der Waals surface area contributed by atoms with Gasteiger partial charge in [0.05, 0.1) is 0 Å². The Morgan fingerprint density at radius 1 is 1.06 bits per heavy atom. The lowest BCUT2D eigenvalue weighted by molar-refractivity contribution is -0.111. The van der Waals surface area contributed by atoms with Crippen LogP contribution in [-0.4, -0.2) is 36.4 Å². The Labute approximate surface area is 182 Å². The van der Waals surface area contributed by atoms with E-state index >= 15 is 0 Å². The Morgan fingerprint density at radius 3 is 2.52 bits per heavy atom. The number of amides is 1. The zero-order chi connectivity index (χ0) is 22.4. The van der Waals surface area contributed by atoms with E-state index in [4.69, 9.17) is 4.74 Å². The summed E-state index contributed by atoms with van der Waals surface area (Å²) in [6.07, 6.45) is 3.35. The highest BCUT2D eigenvalue weighted by molar-refractivity contribution is 5.99. The van der Waals surface area contributed by atoms with Crippen LogP contribution in [0.2, 0.25) is 0 Å². The van der Waals surface area contributed by atoms with Crippen LogP contribution in [0.1, 0.15) is 11.3 Å². The average Bonchev–Trinajstić information content (AvgIpc) is 2.72. The summed E-state index contributed by atoms with van der Waals surface area (Å²) in [5, 5.41) is 2.89. The van der Waals surface area contributed by atoms with Crippen LogP contribution in [0, 0.1) is 13.8 Å². The van der Waals surface area contributed by atoms with Crippen molar-refractivity contribution in [3.8, 4) is 22.6 Å². The molecule has 0 radical (unpaired) electrons. The maximum atomic E-state index is 12.1. The van der Waals surface area contributed by atoms with Crippen LogP contribution in [-0.2, 0) is 4.79 Å². The summed E-state index contributed by atoms with van der Waals surface area (Å²) < 4.78 is 5.99. The maximum Gasteiger partial charge on any atom is 0.251 e. The van der Waals surface area contributed by atoms with Gasteiger partial charge in [-0.25, -0.2) is 0 Å². The molecule has 0 fully saturated rings. The second kappa shape index (κ2) is 9.91. The number of carbonyl (C=O) groups is 1. The zero-order valence-corrected chi connectivity index (χ0v) is 18.2. The summed E-state index contributed by atoms with van der Waals surface area (Å²) in [5.41, 5.74) is 4.07. The number of carbonyl (C=O) groups excluding carboxylic acids is 1. The largest absolute Gasteiger partial charge is 0.457 e. The van der Waals surface area contributed by atoms with E-state index in [9.17, 15) is 9.59 Å². The third-order valence-electron chi connectivity index (χ3n) is 4.77. The van der Waals surface area contributed by atoms with Gasteiger partial charge in [0.15, 0.2) is 0 Å². The molecule has 1 aromatic heterocycles. The number of aromatic amines is 1. The summed E-state index contributed by atoms with van der Waals surface area (Å²) in [4.78, 5) is 28.7. The first-order valence-corrected chi connectivity index (χ1v) is 10.0. The molecule has 0 spiro atoms. The van der Waals surface area contributed by atoms with Crippen molar-refractivity contribution in [1.82, 2.24) is 9.88 Å². The van der Waals surface area contributed by atoms with Gasteiger partial charge in [0.25, 0.3) is 5.56 Å². The van der Waals surface area contributed by atoms with Crippen molar-refractivity contribution in [2.75, 3.05) is 26.0 Å². The fraction of sp³-hybridized carbons (Fsp3) is 0.200. The van der Waals surface area contributed by atoms with Crippen molar-refractivity contribution in [3.63, 3.8) is 0 Å². The van der Waals surface area contributed by atoms with Crippen LogP contribution in [0.5, 0.6) is 11.5 Å². The highest BCUT2D eigenvalue weighted by Gasteiger charge is 2.08. The van der Waals surface area contributed by atoms with E-state index in [-0.39, 0.29) is 11.5 Å². The SMILES string of the molecule is Cc1[nH]c(=O)cc(Oc2cccc(-c3cccc(NC(=O)C=CCN(C)C)c3)c2)c1C. The van der Waals surface area contributed by atoms with Gasteiger partial charge in [-0.05, 0) is 63.3 Å². The molecule has 6 heteroatoms. The number of H-pyrrole nitrogens is 1. The monoisotopic (exact) mass is 417 g/mol. The predicted molar refractivity (Wildman–Crippen MR) is 125 cm³/mol. The van der Waals surface area contributed by atoms with E-state index in [1.165, 1.54) is 12.1 Å². The zero-order valence-electron chi connectivity index (χ0n) is 18.2. The normalized spacial score (nSPS) is 11.1. The molecule has 0 aliphatic carbocycles. The lowest BCUT2D eigenvalue weighted by Gasteiger charge is -2.12. The molecule has 0 unspecified atom stereocenters. The van der Waals surface area contributed by atoms with E-state index in [1.807, 2.05) is 87.4 Å². The molecule has 0 aliphatic rings. The summed E-state index contributed by atoms with van der Waals surface area (Å²) in [6.45, 7) is 4.45. The number of nitrogens with one attached hydrogen (secondary N) is 2. The molecule has 0 bridgehead atoms. The van der Waals surface area contributed by atoms with Gasteiger partial charge in [-0.15, -0.1) is 0 Å². The molecular formula is C25H27N3O3. The average molecular weight is 418 g/mol. The van der Waals surface area contributed by atoms with Gasteiger partial charge in [-0.2, -0.15) is 0 Å². The number of anilines is 1. The van der Waals surface area contributed by atoms with Crippen LogP contribution in [0.4, 0.5) is 5.69 Å². The van der Waals surface area contributed by atoms with E-state index < -0.39 is 0 Å². The van der Waals surface area contributed by atoms with Gasteiger partial charge >= 0.3 is 0 Å². The molecule has 2 N–H and O–H groups in total. The molecule has 1 amide bonds. The number of nitrogens with zero attached hydrogens (tertiary/aromatic N) is 1. The number of aromatic nitrogens is 1. The first-order valence-electron chi connectivity index (χ1n) is 10.0. The number of hydrogen-bond donors (Lipinski definition) is 2. The van der Waals surface area contributed by atoms with Crippen LogP contribution in [0.15, 0.2) is 71.5 Å². The minimum Gasteiger partial charge on any atom is -0.457 e. The quantitative estimate of drug-likeness (QED) is 0.555. The van der Waals surface area contributed by atoms with E-state index in [0.29, 0.717) is 23.7 Å². The van der Waals surface area contributed by atoms with Crippen LogP contribution < -0.4 is 15.6 Å². The maximum absolute atomic E-state index is 12.1.